The highest BCUT2D eigenvalue weighted by molar-refractivity contribution is 6.06. The molecule has 0 saturated heterocycles. The summed E-state index contributed by atoms with van der Waals surface area (Å²) in [4.78, 5) is 12.3. The fourth-order valence-corrected chi connectivity index (χ4v) is 2.08. The van der Waals surface area contributed by atoms with E-state index in [0.717, 1.165) is 19.1 Å². The molecule has 1 atom stereocenters. The molecule has 0 fully saturated rings. The Labute approximate surface area is 150 Å². The number of alkyl halides is 6. The molecule has 1 unspecified atom stereocenters. The van der Waals surface area contributed by atoms with E-state index in [1.807, 2.05) is 0 Å². The zero-order chi connectivity index (χ0) is 20.2. The number of carbonyl (C=O) groups excluding carboxylic acids is 1. The van der Waals surface area contributed by atoms with Gasteiger partial charge in [-0.05, 0) is 37.3 Å². The average molecular weight is 392 g/mol. The van der Waals surface area contributed by atoms with Crippen LogP contribution in [0.5, 0.6) is 5.75 Å². The van der Waals surface area contributed by atoms with Crippen LogP contribution in [0.3, 0.4) is 0 Å². The largest absolute Gasteiger partial charge is 0.573 e. The second-order valence-corrected chi connectivity index (χ2v) is 5.49. The highest BCUT2D eigenvalue weighted by Gasteiger charge is 2.36. The summed E-state index contributed by atoms with van der Waals surface area (Å²) in [6, 6.07) is 8.25. The number of anilines is 2. The molecule has 146 valence electrons. The Bertz CT molecular complexity index is 804. The maximum absolute atomic E-state index is 12.6. The Kier molecular flexibility index (Phi) is 5.87. The fourth-order valence-electron chi connectivity index (χ4n) is 2.08. The molecule has 2 N–H and O–H groups in total. The van der Waals surface area contributed by atoms with E-state index >= 15 is 0 Å². The van der Waals surface area contributed by atoms with Crippen LogP contribution in [0.2, 0.25) is 0 Å². The number of carbonyl (C=O) groups is 1. The van der Waals surface area contributed by atoms with Gasteiger partial charge in [-0.15, -0.1) is 13.2 Å². The van der Waals surface area contributed by atoms with E-state index in [0.29, 0.717) is 0 Å². The summed E-state index contributed by atoms with van der Waals surface area (Å²) in [7, 11) is 0. The van der Waals surface area contributed by atoms with Gasteiger partial charge in [0.15, 0.2) is 0 Å². The average Bonchev–Trinajstić information content (AvgIpc) is 2.53. The highest BCUT2D eigenvalue weighted by atomic mass is 19.4. The minimum atomic E-state index is -4.98. The summed E-state index contributed by atoms with van der Waals surface area (Å²) < 4.78 is 78.9. The van der Waals surface area contributed by atoms with E-state index in [9.17, 15) is 31.1 Å². The van der Waals surface area contributed by atoms with Crippen molar-refractivity contribution in [1.29, 1.82) is 0 Å². The van der Waals surface area contributed by atoms with Crippen LogP contribution in [0.1, 0.15) is 17.3 Å². The number of hydrogen-bond donors (Lipinski definition) is 2. The zero-order valence-electron chi connectivity index (χ0n) is 13.8. The molecule has 0 aliphatic carbocycles. The topological polar surface area (TPSA) is 50.4 Å². The Morgan fingerprint density at radius 1 is 0.963 bits per heavy atom. The van der Waals surface area contributed by atoms with Crippen molar-refractivity contribution in [2.45, 2.75) is 25.5 Å². The second-order valence-electron chi connectivity index (χ2n) is 5.49. The van der Waals surface area contributed by atoms with Crippen LogP contribution in [-0.4, -0.2) is 24.5 Å². The van der Waals surface area contributed by atoms with Crippen molar-refractivity contribution in [3.05, 3.63) is 54.1 Å². The van der Waals surface area contributed by atoms with Gasteiger partial charge < -0.3 is 15.4 Å². The standard InChI is InChI=1S/C17H14F6N2O2/c1-10(16(18,19)20)24-11-5-4-6-12(9-11)25-15(26)13-7-2-3-8-14(13)27-17(21,22)23/h2-10,24H,1H3,(H,25,26). The normalized spacial score (nSPS) is 13.0. The maximum Gasteiger partial charge on any atom is 0.573 e. The van der Waals surface area contributed by atoms with E-state index in [2.05, 4.69) is 15.4 Å². The highest BCUT2D eigenvalue weighted by Crippen LogP contribution is 2.28. The van der Waals surface area contributed by atoms with Crippen LogP contribution >= 0.6 is 0 Å². The SMILES string of the molecule is CC(Nc1cccc(NC(=O)c2ccccc2OC(F)(F)F)c1)C(F)(F)F. The molecule has 0 spiro atoms. The summed E-state index contributed by atoms with van der Waals surface area (Å²) >= 11 is 0. The number of hydrogen-bond acceptors (Lipinski definition) is 3. The lowest BCUT2D eigenvalue weighted by Gasteiger charge is -2.19. The van der Waals surface area contributed by atoms with Crippen LogP contribution in [0, 0.1) is 0 Å². The van der Waals surface area contributed by atoms with Gasteiger partial charge in [0.25, 0.3) is 5.91 Å². The molecular weight excluding hydrogens is 378 g/mol. The van der Waals surface area contributed by atoms with Crippen LogP contribution in [-0.2, 0) is 0 Å². The molecule has 2 aromatic rings. The lowest BCUT2D eigenvalue weighted by molar-refractivity contribution is -0.274. The minimum absolute atomic E-state index is 0.0810. The molecule has 2 rings (SSSR count). The first-order valence-corrected chi connectivity index (χ1v) is 7.55. The molecule has 0 bridgehead atoms. The van der Waals surface area contributed by atoms with Gasteiger partial charge in [-0.2, -0.15) is 13.2 Å². The number of para-hydroxylation sites is 1. The number of benzene rings is 2. The second kappa shape index (κ2) is 7.77. The molecule has 4 nitrogen and oxygen atoms in total. The van der Waals surface area contributed by atoms with Crippen LogP contribution in [0.25, 0.3) is 0 Å². The monoisotopic (exact) mass is 392 g/mol. The molecule has 0 radical (unpaired) electrons. The van der Waals surface area contributed by atoms with Gasteiger partial charge in [0.2, 0.25) is 0 Å². The predicted molar refractivity (Wildman–Crippen MR) is 86.7 cm³/mol. The molecule has 0 heterocycles. The van der Waals surface area contributed by atoms with E-state index in [1.54, 1.807) is 0 Å². The molecule has 1 amide bonds. The molecule has 2 aromatic carbocycles. The Morgan fingerprint density at radius 2 is 1.59 bits per heavy atom. The van der Waals surface area contributed by atoms with Gasteiger partial charge in [-0.3, -0.25) is 4.79 Å². The summed E-state index contributed by atoms with van der Waals surface area (Å²) in [5, 5.41) is 4.56. The van der Waals surface area contributed by atoms with Crippen molar-refractivity contribution in [1.82, 2.24) is 0 Å². The Balaban J connectivity index is 2.16. The summed E-state index contributed by atoms with van der Waals surface area (Å²) in [5.41, 5.74) is -0.199. The quantitative estimate of drug-likeness (QED) is 0.688. The molecule has 0 saturated carbocycles. The lowest BCUT2D eigenvalue weighted by Crippen LogP contribution is -2.33. The minimum Gasteiger partial charge on any atom is -0.405 e. The van der Waals surface area contributed by atoms with Gasteiger partial charge in [0.1, 0.15) is 11.8 Å². The summed E-state index contributed by atoms with van der Waals surface area (Å²) in [5.74, 6) is -1.60. The summed E-state index contributed by atoms with van der Waals surface area (Å²) in [6.07, 6.45) is -9.44. The van der Waals surface area contributed by atoms with Crippen LogP contribution in [0.4, 0.5) is 37.7 Å². The summed E-state index contributed by atoms with van der Waals surface area (Å²) in [6.45, 7) is 0.927. The van der Waals surface area contributed by atoms with E-state index < -0.39 is 30.2 Å². The first-order valence-electron chi connectivity index (χ1n) is 7.55. The van der Waals surface area contributed by atoms with Crippen molar-refractivity contribution in [2.24, 2.45) is 0 Å². The van der Waals surface area contributed by atoms with Gasteiger partial charge in [0, 0.05) is 11.4 Å². The first kappa shape index (κ1) is 20.4. The van der Waals surface area contributed by atoms with Gasteiger partial charge in [-0.1, -0.05) is 18.2 Å². The third kappa shape index (κ3) is 6.08. The van der Waals surface area contributed by atoms with Crippen molar-refractivity contribution in [3.8, 4) is 5.75 Å². The molecule has 0 aromatic heterocycles. The maximum atomic E-state index is 12.6. The number of rotatable bonds is 5. The van der Waals surface area contributed by atoms with Gasteiger partial charge in [0.05, 0.1) is 5.56 Å². The molecule has 10 heteroatoms. The predicted octanol–water partition coefficient (Wildman–Crippen LogP) is 5.20. The molecular formula is C17H14F6N2O2. The fraction of sp³-hybridized carbons (Fsp3) is 0.235. The van der Waals surface area contributed by atoms with E-state index in [-0.39, 0.29) is 16.9 Å². The van der Waals surface area contributed by atoms with Crippen molar-refractivity contribution in [2.75, 3.05) is 10.6 Å². The molecule has 0 aliphatic heterocycles. The lowest BCUT2D eigenvalue weighted by atomic mass is 10.1. The van der Waals surface area contributed by atoms with Crippen LogP contribution < -0.4 is 15.4 Å². The third-order valence-corrected chi connectivity index (χ3v) is 3.35. The Morgan fingerprint density at radius 3 is 2.22 bits per heavy atom. The molecule has 0 aliphatic rings. The van der Waals surface area contributed by atoms with Crippen molar-refractivity contribution < 1.29 is 35.9 Å². The van der Waals surface area contributed by atoms with Crippen LogP contribution in [0.15, 0.2) is 48.5 Å². The number of ether oxygens (including phenoxy) is 1. The Hall–Kier alpha value is -2.91. The molecule has 27 heavy (non-hydrogen) atoms. The number of nitrogens with one attached hydrogen (secondary N) is 2. The first-order chi connectivity index (χ1) is 12.5. The van der Waals surface area contributed by atoms with Gasteiger partial charge >= 0.3 is 12.5 Å². The smallest absolute Gasteiger partial charge is 0.405 e. The van der Waals surface area contributed by atoms with Gasteiger partial charge in [-0.25, -0.2) is 0 Å². The van der Waals surface area contributed by atoms with E-state index in [4.69, 9.17) is 0 Å². The third-order valence-electron chi connectivity index (χ3n) is 3.35. The van der Waals surface area contributed by atoms with Crippen molar-refractivity contribution >= 4 is 17.3 Å². The zero-order valence-corrected chi connectivity index (χ0v) is 13.8. The van der Waals surface area contributed by atoms with E-state index in [1.165, 1.54) is 36.4 Å². The number of halogens is 6. The van der Waals surface area contributed by atoms with Crippen molar-refractivity contribution in [3.63, 3.8) is 0 Å². The number of amides is 1.